The number of hydrogen-bond donors (Lipinski definition) is 1. The third kappa shape index (κ3) is 4.17. The van der Waals surface area contributed by atoms with Crippen LogP contribution in [0.15, 0.2) is 52.9 Å². The molecule has 0 fully saturated rings. The molecule has 0 radical (unpaired) electrons. The first-order chi connectivity index (χ1) is 12.9. The van der Waals surface area contributed by atoms with Crippen molar-refractivity contribution in [1.29, 1.82) is 5.26 Å². The van der Waals surface area contributed by atoms with Crippen molar-refractivity contribution in [3.05, 3.63) is 80.5 Å². The smallest absolute Gasteiger partial charge is 0.335 e. The van der Waals surface area contributed by atoms with Crippen molar-refractivity contribution in [2.45, 2.75) is 0 Å². The molecule has 2 aromatic carbocycles. The van der Waals surface area contributed by atoms with Gasteiger partial charge in [-0.15, -0.1) is 0 Å². The van der Waals surface area contributed by atoms with Crippen LogP contribution < -0.4 is 0 Å². The Bertz CT molecular complexity index is 1110. The summed E-state index contributed by atoms with van der Waals surface area (Å²) in [5.74, 6) is -0.290. The SMILES string of the molecule is N#C/C(=C/c1ccc(-c2cc(C(=O)O)ccc2Cl)o1)c1ccc(Cl)cc1Cl. The second-order valence-electron chi connectivity index (χ2n) is 5.50. The summed E-state index contributed by atoms with van der Waals surface area (Å²) in [7, 11) is 0. The van der Waals surface area contributed by atoms with E-state index in [4.69, 9.17) is 44.3 Å². The van der Waals surface area contributed by atoms with E-state index in [-0.39, 0.29) is 5.56 Å². The van der Waals surface area contributed by atoms with E-state index in [2.05, 4.69) is 6.07 Å². The van der Waals surface area contributed by atoms with Crippen LogP contribution in [0.1, 0.15) is 21.7 Å². The number of hydrogen-bond acceptors (Lipinski definition) is 3. The summed E-state index contributed by atoms with van der Waals surface area (Å²) in [5, 5.41) is 19.8. The van der Waals surface area contributed by atoms with Gasteiger partial charge in [-0.1, -0.05) is 40.9 Å². The molecule has 3 rings (SSSR count). The fraction of sp³-hybridized carbons (Fsp3) is 0. The van der Waals surface area contributed by atoms with Gasteiger partial charge in [0.2, 0.25) is 0 Å². The lowest BCUT2D eigenvalue weighted by molar-refractivity contribution is 0.0697. The first kappa shape index (κ1) is 19.1. The number of rotatable bonds is 4. The zero-order valence-electron chi connectivity index (χ0n) is 13.5. The molecule has 0 spiro atoms. The summed E-state index contributed by atoms with van der Waals surface area (Å²) in [6.07, 6.45) is 1.54. The Morgan fingerprint density at radius 1 is 1.04 bits per heavy atom. The first-order valence-corrected chi connectivity index (χ1v) is 8.72. The third-order valence-corrected chi connectivity index (χ3v) is 4.61. The second kappa shape index (κ2) is 7.89. The number of carboxylic acid groups (broad SMARTS) is 1. The zero-order chi connectivity index (χ0) is 19.6. The van der Waals surface area contributed by atoms with Gasteiger partial charge in [-0.05, 0) is 48.5 Å². The second-order valence-corrected chi connectivity index (χ2v) is 6.75. The molecule has 0 aliphatic heterocycles. The van der Waals surface area contributed by atoms with E-state index in [9.17, 15) is 10.1 Å². The van der Waals surface area contributed by atoms with Gasteiger partial charge in [0, 0.05) is 16.1 Å². The average molecular weight is 419 g/mol. The van der Waals surface area contributed by atoms with Crippen LogP contribution in [0, 0.1) is 11.3 Å². The van der Waals surface area contributed by atoms with Crippen LogP contribution in [0.4, 0.5) is 0 Å². The molecule has 0 aliphatic carbocycles. The molecule has 0 amide bonds. The highest BCUT2D eigenvalue weighted by Crippen LogP contribution is 2.33. The van der Waals surface area contributed by atoms with Crippen molar-refractivity contribution in [1.82, 2.24) is 0 Å². The molecular formula is C20H10Cl3NO3. The van der Waals surface area contributed by atoms with Crippen molar-refractivity contribution in [2.24, 2.45) is 0 Å². The number of furan rings is 1. The van der Waals surface area contributed by atoms with Crippen LogP contribution in [0.5, 0.6) is 0 Å². The van der Waals surface area contributed by atoms with Gasteiger partial charge in [0.1, 0.15) is 11.5 Å². The summed E-state index contributed by atoms with van der Waals surface area (Å²) in [6.45, 7) is 0. The predicted octanol–water partition coefficient (Wildman–Crippen LogP) is 6.67. The number of nitriles is 1. The van der Waals surface area contributed by atoms with E-state index in [1.165, 1.54) is 24.3 Å². The van der Waals surface area contributed by atoms with Gasteiger partial charge < -0.3 is 9.52 Å². The largest absolute Gasteiger partial charge is 0.478 e. The van der Waals surface area contributed by atoms with Crippen LogP contribution in [0.2, 0.25) is 15.1 Å². The molecule has 1 N–H and O–H groups in total. The molecular weight excluding hydrogens is 409 g/mol. The predicted molar refractivity (Wildman–Crippen MR) is 106 cm³/mol. The standard InChI is InChI=1S/C20H10Cl3NO3/c21-13-2-4-15(18(23)9-13)12(10-24)7-14-3-6-19(27-14)16-8-11(20(25)26)1-5-17(16)22/h1-9H,(H,25,26)/b12-7-. The summed E-state index contributed by atoms with van der Waals surface area (Å²) < 4.78 is 5.73. The van der Waals surface area contributed by atoms with Crippen LogP contribution >= 0.6 is 34.8 Å². The van der Waals surface area contributed by atoms with Crippen molar-refractivity contribution >= 4 is 52.4 Å². The number of carbonyl (C=O) groups is 1. The molecule has 7 heteroatoms. The molecule has 0 unspecified atom stereocenters. The van der Waals surface area contributed by atoms with E-state index in [0.29, 0.717) is 43.3 Å². The molecule has 3 aromatic rings. The molecule has 27 heavy (non-hydrogen) atoms. The fourth-order valence-corrected chi connectivity index (χ4v) is 3.16. The molecule has 0 atom stereocenters. The summed E-state index contributed by atoms with van der Waals surface area (Å²) in [5.41, 5.74) is 1.35. The molecule has 0 saturated carbocycles. The van der Waals surface area contributed by atoms with Gasteiger partial charge in [-0.3, -0.25) is 0 Å². The van der Waals surface area contributed by atoms with Gasteiger partial charge in [0.15, 0.2) is 0 Å². The van der Waals surface area contributed by atoms with Crippen LogP contribution in [0.25, 0.3) is 23.0 Å². The van der Waals surface area contributed by atoms with Gasteiger partial charge in [0.25, 0.3) is 0 Å². The van der Waals surface area contributed by atoms with E-state index in [0.717, 1.165) is 0 Å². The molecule has 4 nitrogen and oxygen atoms in total. The highest BCUT2D eigenvalue weighted by atomic mass is 35.5. The lowest BCUT2D eigenvalue weighted by atomic mass is 10.1. The van der Waals surface area contributed by atoms with Crippen molar-refractivity contribution in [3.8, 4) is 17.4 Å². The van der Waals surface area contributed by atoms with Crippen LogP contribution in [0.3, 0.4) is 0 Å². The quantitative estimate of drug-likeness (QED) is 0.480. The summed E-state index contributed by atoms with van der Waals surface area (Å²) >= 11 is 18.2. The fourth-order valence-electron chi connectivity index (χ4n) is 2.44. The normalized spacial score (nSPS) is 11.3. The molecule has 134 valence electrons. The Kier molecular flexibility index (Phi) is 5.57. The minimum Gasteiger partial charge on any atom is -0.478 e. The molecule has 1 aromatic heterocycles. The van der Waals surface area contributed by atoms with Crippen LogP contribution in [-0.4, -0.2) is 11.1 Å². The maximum Gasteiger partial charge on any atom is 0.335 e. The minimum atomic E-state index is -1.07. The first-order valence-electron chi connectivity index (χ1n) is 7.59. The van der Waals surface area contributed by atoms with Gasteiger partial charge in [-0.25, -0.2) is 4.79 Å². The van der Waals surface area contributed by atoms with Crippen LogP contribution in [-0.2, 0) is 0 Å². The molecule has 0 bridgehead atoms. The van der Waals surface area contributed by atoms with Crippen molar-refractivity contribution in [3.63, 3.8) is 0 Å². The number of halogens is 3. The van der Waals surface area contributed by atoms with Crippen molar-refractivity contribution in [2.75, 3.05) is 0 Å². The Morgan fingerprint density at radius 2 is 1.81 bits per heavy atom. The summed E-state index contributed by atoms with van der Waals surface area (Å²) in [4.78, 5) is 11.2. The number of carboxylic acids is 1. The maximum atomic E-state index is 11.2. The van der Waals surface area contributed by atoms with E-state index < -0.39 is 5.97 Å². The highest BCUT2D eigenvalue weighted by Gasteiger charge is 2.13. The Balaban J connectivity index is 2.00. The number of nitrogens with zero attached hydrogens (tertiary/aromatic N) is 1. The zero-order valence-corrected chi connectivity index (χ0v) is 15.8. The van der Waals surface area contributed by atoms with Crippen molar-refractivity contribution < 1.29 is 14.3 Å². The lowest BCUT2D eigenvalue weighted by Crippen LogP contribution is -1.96. The summed E-state index contributed by atoms with van der Waals surface area (Å²) in [6, 6.07) is 14.6. The van der Waals surface area contributed by atoms with Gasteiger partial charge in [-0.2, -0.15) is 5.26 Å². The lowest BCUT2D eigenvalue weighted by Gasteiger charge is -2.03. The minimum absolute atomic E-state index is 0.0913. The Morgan fingerprint density at radius 3 is 2.48 bits per heavy atom. The number of benzene rings is 2. The van der Waals surface area contributed by atoms with E-state index in [1.54, 1.807) is 30.3 Å². The molecule has 1 heterocycles. The highest BCUT2D eigenvalue weighted by molar-refractivity contribution is 6.36. The van der Waals surface area contributed by atoms with Gasteiger partial charge in [0.05, 0.1) is 27.3 Å². The number of aromatic carboxylic acids is 1. The Labute approximate surface area is 169 Å². The topological polar surface area (TPSA) is 74.2 Å². The Hall–Kier alpha value is -2.71. The van der Waals surface area contributed by atoms with E-state index in [1.807, 2.05) is 0 Å². The average Bonchev–Trinajstić information content (AvgIpc) is 3.08. The van der Waals surface area contributed by atoms with Gasteiger partial charge >= 0.3 is 5.97 Å². The molecule has 0 aliphatic rings. The number of allylic oxidation sites excluding steroid dienone is 1. The maximum absolute atomic E-state index is 11.2. The monoisotopic (exact) mass is 417 g/mol. The molecule has 0 saturated heterocycles. The third-order valence-electron chi connectivity index (χ3n) is 3.73. The van der Waals surface area contributed by atoms with E-state index >= 15 is 0 Å².